The zero-order valence-corrected chi connectivity index (χ0v) is 10.9. The molecule has 0 saturated carbocycles. The average Bonchev–Trinajstić information content (AvgIpc) is 3.08. The molecular formula is C14H20O5. The smallest absolute Gasteiger partial charge is 0.157 e. The standard InChI is InChI=1S/C14H20O5/c15-5-4-8-9(7-17-10-3-1-2-6-16-10)12-14-13(19-14)11(8)18-12/h5,8-14H,1-4,6-7H2/t8-,9+,10?,11-,12+,13-,14+/m1/s1. The van der Waals surface area contributed by atoms with Crippen LogP contribution in [0.1, 0.15) is 25.7 Å². The van der Waals surface area contributed by atoms with E-state index in [4.69, 9.17) is 18.9 Å². The molecule has 0 aromatic rings. The van der Waals surface area contributed by atoms with E-state index >= 15 is 0 Å². The molecule has 5 nitrogen and oxygen atoms in total. The highest BCUT2D eigenvalue weighted by Gasteiger charge is 2.68. The number of epoxide rings is 1. The summed E-state index contributed by atoms with van der Waals surface area (Å²) in [6, 6.07) is 0. The molecule has 4 aliphatic heterocycles. The fraction of sp³-hybridized carbons (Fsp3) is 0.929. The lowest BCUT2D eigenvalue weighted by Crippen LogP contribution is -2.37. The number of ether oxygens (including phenoxy) is 4. The summed E-state index contributed by atoms with van der Waals surface area (Å²) < 4.78 is 23.0. The Morgan fingerprint density at radius 3 is 2.58 bits per heavy atom. The van der Waals surface area contributed by atoms with E-state index in [-0.39, 0.29) is 42.5 Å². The van der Waals surface area contributed by atoms with Gasteiger partial charge in [-0.05, 0) is 19.3 Å². The maximum atomic E-state index is 10.8. The molecule has 0 amide bonds. The second-order valence-electron chi connectivity index (χ2n) is 5.99. The van der Waals surface area contributed by atoms with Gasteiger partial charge < -0.3 is 23.7 Å². The first-order valence-electron chi connectivity index (χ1n) is 7.36. The first-order chi connectivity index (χ1) is 9.38. The second kappa shape index (κ2) is 4.81. The van der Waals surface area contributed by atoms with Gasteiger partial charge in [-0.3, -0.25) is 0 Å². The predicted molar refractivity (Wildman–Crippen MR) is 64.5 cm³/mol. The monoisotopic (exact) mass is 268 g/mol. The number of hydrogen-bond acceptors (Lipinski definition) is 5. The van der Waals surface area contributed by atoms with Gasteiger partial charge in [0.15, 0.2) is 6.29 Å². The number of hydrogen-bond donors (Lipinski definition) is 0. The van der Waals surface area contributed by atoms with E-state index < -0.39 is 0 Å². The van der Waals surface area contributed by atoms with Crippen LogP contribution >= 0.6 is 0 Å². The molecule has 4 aliphatic rings. The summed E-state index contributed by atoms with van der Waals surface area (Å²) in [5.74, 6) is 0.541. The highest BCUT2D eigenvalue weighted by Crippen LogP contribution is 2.54. The van der Waals surface area contributed by atoms with Crippen LogP contribution in [0.4, 0.5) is 0 Å². The molecule has 1 unspecified atom stereocenters. The van der Waals surface area contributed by atoms with E-state index in [0.717, 1.165) is 25.7 Å². The molecule has 0 spiro atoms. The van der Waals surface area contributed by atoms with Crippen molar-refractivity contribution in [1.82, 2.24) is 0 Å². The van der Waals surface area contributed by atoms with Gasteiger partial charge in [0.1, 0.15) is 18.5 Å². The van der Waals surface area contributed by atoms with E-state index in [9.17, 15) is 4.79 Å². The normalized spacial score (nSPS) is 51.1. The molecule has 4 heterocycles. The van der Waals surface area contributed by atoms with E-state index in [2.05, 4.69) is 0 Å². The number of carbonyl (C=O) groups excluding carboxylic acids is 1. The van der Waals surface area contributed by atoms with Gasteiger partial charge in [-0.15, -0.1) is 0 Å². The molecule has 4 fully saturated rings. The molecule has 4 saturated heterocycles. The number of carbonyl (C=O) groups is 1. The lowest BCUT2D eigenvalue weighted by atomic mass is 9.78. The largest absolute Gasteiger partial charge is 0.369 e. The lowest BCUT2D eigenvalue weighted by molar-refractivity contribution is -0.173. The van der Waals surface area contributed by atoms with Crippen LogP contribution in [-0.4, -0.2) is 50.2 Å². The number of aldehydes is 1. The van der Waals surface area contributed by atoms with Gasteiger partial charge >= 0.3 is 0 Å². The lowest BCUT2D eigenvalue weighted by Gasteiger charge is -2.28. The Kier molecular flexibility index (Phi) is 3.10. The topological polar surface area (TPSA) is 57.3 Å². The van der Waals surface area contributed by atoms with Crippen LogP contribution in [0.5, 0.6) is 0 Å². The van der Waals surface area contributed by atoms with E-state index in [1.165, 1.54) is 6.42 Å². The number of fused-ring (bicyclic) bond motifs is 5. The van der Waals surface area contributed by atoms with Crippen LogP contribution in [0.15, 0.2) is 0 Å². The molecule has 106 valence electrons. The van der Waals surface area contributed by atoms with E-state index in [1.807, 2.05) is 0 Å². The highest BCUT2D eigenvalue weighted by molar-refractivity contribution is 5.50. The maximum Gasteiger partial charge on any atom is 0.157 e. The van der Waals surface area contributed by atoms with Crippen molar-refractivity contribution in [2.24, 2.45) is 11.8 Å². The van der Waals surface area contributed by atoms with Gasteiger partial charge in [0.05, 0.1) is 18.8 Å². The van der Waals surface area contributed by atoms with Crippen LogP contribution in [0.25, 0.3) is 0 Å². The molecule has 19 heavy (non-hydrogen) atoms. The van der Waals surface area contributed by atoms with E-state index in [1.54, 1.807) is 0 Å². The molecule has 5 heteroatoms. The molecule has 4 rings (SSSR count). The van der Waals surface area contributed by atoms with Crippen molar-refractivity contribution in [1.29, 1.82) is 0 Å². The minimum atomic E-state index is -0.0688. The number of rotatable bonds is 5. The summed E-state index contributed by atoms with van der Waals surface area (Å²) in [5.41, 5.74) is 0. The first-order valence-corrected chi connectivity index (χ1v) is 7.36. The summed E-state index contributed by atoms with van der Waals surface area (Å²) >= 11 is 0. The fourth-order valence-electron chi connectivity index (χ4n) is 3.88. The van der Waals surface area contributed by atoms with Crippen molar-refractivity contribution in [2.75, 3.05) is 13.2 Å². The van der Waals surface area contributed by atoms with Crippen molar-refractivity contribution < 1.29 is 23.7 Å². The van der Waals surface area contributed by atoms with Crippen molar-refractivity contribution >= 4 is 6.29 Å². The Labute approximate surface area is 112 Å². The van der Waals surface area contributed by atoms with Crippen molar-refractivity contribution in [3.63, 3.8) is 0 Å². The minimum absolute atomic E-state index is 0.0688. The van der Waals surface area contributed by atoms with Crippen LogP contribution < -0.4 is 0 Å². The maximum absolute atomic E-state index is 10.8. The van der Waals surface area contributed by atoms with Crippen LogP contribution in [0.2, 0.25) is 0 Å². The van der Waals surface area contributed by atoms with Gasteiger partial charge in [0.2, 0.25) is 0 Å². The van der Waals surface area contributed by atoms with Gasteiger partial charge in [0.25, 0.3) is 0 Å². The van der Waals surface area contributed by atoms with Crippen molar-refractivity contribution in [2.45, 2.75) is 56.4 Å². The molecule has 0 N–H and O–H groups in total. The fourth-order valence-corrected chi connectivity index (χ4v) is 3.88. The van der Waals surface area contributed by atoms with Gasteiger partial charge in [0, 0.05) is 24.9 Å². The zero-order valence-electron chi connectivity index (χ0n) is 10.9. The molecule has 0 aromatic heterocycles. The van der Waals surface area contributed by atoms with Gasteiger partial charge in [-0.25, -0.2) is 0 Å². The Balaban J connectivity index is 1.37. The summed E-state index contributed by atoms with van der Waals surface area (Å²) in [5, 5.41) is 0. The first kappa shape index (κ1) is 12.3. The minimum Gasteiger partial charge on any atom is -0.369 e. The molecule has 7 atom stereocenters. The molecular weight excluding hydrogens is 248 g/mol. The van der Waals surface area contributed by atoms with Crippen LogP contribution in [-0.2, 0) is 23.7 Å². The van der Waals surface area contributed by atoms with Crippen LogP contribution in [0, 0.1) is 11.8 Å². The molecule has 0 aromatic carbocycles. The van der Waals surface area contributed by atoms with Crippen molar-refractivity contribution in [3.05, 3.63) is 0 Å². The van der Waals surface area contributed by atoms with Gasteiger partial charge in [-0.1, -0.05) is 0 Å². The Morgan fingerprint density at radius 1 is 1.05 bits per heavy atom. The highest BCUT2D eigenvalue weighted by atomic mass is 16.7. The van der Waals surface area contributed by atoms with E-state index in [0.29, 0.717) is 13.0 Å². The predicted octanol–water partition coefficient (Wildman–Crippen LogP) is 0.899. The summed E-state index contributed by atoms with van der Waals surface area (Å²) in [6.07, 6.45) is 5.49. The Bertz CT molecular complexity index is 354. The average molecular weight is 268 g/mol. The Hall–Kier alpha value is -0.490. The van der Waals surface area contributed by atoms with Crippen LogP contribution in [0.3, 0.4) is 0 Å². The third kappa shape index (κ3) is 2.03. The Morgan fingerprint density at radius 2 is 1.84 bits per heavy atom. The SMILES string of the molecule is O=CC[C@@H]1[C@H](COC2CCCCO2)[C@@H]2O[C@H]1[C@H]1O[C@H]12. The third-order valence-electron chi connectivity index (χ3n) is 4.90. The molecule has 0 radical (unpaired) electrons. The van der Waals surface area contributed by atoms with Crippen molar-refractivity contribution in [3.8, 4) is 0 Å². The quantitative estimate of drug-likeness (QED) is 0.547. The molecule has 0 aliphatic carbocycles. The molecule has 2 bridgehead atoms. The van der Waals surface area contributed by atoms with Gasteiger partial charge in [-0.2, -0.15) is 0 Å². The summed E-state index contributed by atoms with van der Waals surface area (Å²) in [6.45, 7) is 1.42. The summed E-state index contributed by atoms with van der Waals surface area (Å²) in [7, 11) is 0. The zero-order chi connectivity index (χ0) is 12.8. The second-order valence-corrected chi connectivity index (χ2v) is 5.99. The third-order valence-corrected chi connectivity index (χ3v) is 4.90. The summed E-state index contributed by atoms with van der Waals surface area (Å²) in [4.78, 5) is 10.8.